The van der Waals surface area contributed by atoms with Crippen molar-refractivity contribution in [3.8, 4) is 5.75 Å². The maximum absolute atomic E-state index is 6.29. The van der Waals surface area contributed by atoms with Gasteiger partial charge in [0.15, 0.2) is 0 Å². The number of benzene rings is 1. The Bertz CT molecular complexity index is 386. The average Bonchev–Trinajstić information content (AvgIpc) is 2.39. The highest BCUT2D eigenvalue weighted by Gasteiger charge is 2.18. The van der Waals surface area contributed by atoms with Crippen LogP contribution in [-0.4, -0.2) is 18.8 Å². The zero-order chi connectivity index (χ0) is 13.7. The van der Waals surface area contributed by atoms with Crippen molar-refractivity contribution in [3.05, 3.63) is 29.8 Å². The molecule has 1 saturated heterocycles. The van der Waals surface area contributed by atoms with Crippen molar-refractivity contribution in [3.63, 3.8) is 0 Å². The van der Waals surface area contributed by atoms with Crippen molar-refractivity contribution in [2.24, 2.45) is 5.73 Å². The molecule has 2 N–H and O–H groups in total. The quantitative estimate of drug-likeness (QED) is 0.885. The molecule has 0 amide bonds. The Morgan fingerprint density at radius 1 is 1.37 bits per heavy atom. The number of hydrogen-bond donors (Lipinski definition) is 1. The van der Waals surface area contributed by atoms with Crippen LogP contribution in [0.4, 0.5) is 0 Å². The van der Waals surface area contributed by atoms with E-state index in [1.54, 1.807) is 0 Å². The Labute approximate surface area is 116 Å². The van der Waals surface area contributed by atoms with E-state index < -0.39 is 0 Å². The summed E-state index contributed by atoms with van der Waals surface area (Å²) in [5, 5.41) is 0. The molecule has 0 aliphatic carbocycles. The number of nitrogens with two attached hydrogens (primary N) is 1. The van der Waals surface area contributed by atoms with Crippen LogP contribution in [-0.2, 0) is 4.74 Å². The second-order valence-corrected chi connectivity index (χ2v) is 5.57. The minimum absolute atomic E-state index is 0.0267. The third-order valence-corrected chi connectivity index (χ3v) is 3.45. The topological polar surface area (TPSA) is 44.5 Å². The van der Waals surface area contributed by atoms with E-state index in [0.29, 0.717) is 6.10 Å². The van der Waals surface area contributed by atoms with E-state index >= 15 is 0 Å². The van der Waals surface area contributed by atoms with Gasteiger partial charge in [0.2, 0.25) is 0 Å². The molecule has 1 heterocycles. The van der Waals surface area contributed by atoms with Crippen molar-refractivity contribution >= 4 is 0 Å². The Balaban J connectivity index is 1.95. The molecule has 1 aliphatic heterocycles. The minimum atomic E-state index is 0.0267. The molecule has 2 unspecified atom stereocenters. The van der Waals surface area contributed by atoms with Gasteiger partial charge in [-0.1, -0.05) is 12.1 Å². The summed E-state index contributed by atoms with van der Waals surface area (Å²) in [4.78, 5) is 0. The maximum atomic E-state index is 6.29. The van der Waals surface area contributed by atoms with Crippen molar-refractivity contribution in [1.82, 2.24) is 0 Å². The summed E-state index contributed by atoms with van der Waals surface area (Å²) in [6, 6.07) is 8.13. The summed E-state index contributed by atoms with van der Waals surface area (Å²) >= 11 is 0. The summed E-state index contributed by atoms with van der Waals surface area (Å²) in [5.74, 6) is 0.896. The van der Waals surface area contributed by atoms with Crippen molar-refractivity contribution in [2.75, 3.05) is 6.61 Å². The van der Waals surface area contributed by atoms with E-state index in [1.807, 2.05) is 32.0 Å². The molecular weight excluding hydrogens is 238 g/mol. The number of ether oxygens (including phenoxy) is 2. The molecule has 2 rings (SSSR count). The first-order valence-corrected chi connectivity index (χ1v) is 7.29. The van der Waals surface area contributed by atoms with E-state index in [1.165, 1.54) is 12.8 Å². The number of rotatable bonds is 5. The molecule has 1 aromatic rings. The van der Waals surface area contributed by atoms with Crippen LogP contribution in [0.25, 0.3) is 0 Å². The van der Waals surface area contributed by atoms with Gasteiger partial charge < -0.3 is 15.2 Å². The molecular formula is C16H25NO2. The van der Waals surface area contributed by atoms with Crippen molar-refractivity contribution < 1.29 is 9.47 Å². The van der Waals surface area contributed by atoms with Crippen molar-refractivity contribution in [1.29, 1.82) is 0 Å². The first kappa shape index (κ1) is 14.4. The summed E-state index contributed by atoms with van der Waals surface area (Å²) in [5.41, 5.74) is 7.42. The monoisotopic (exact) mass is 263 g/mol. The van der Waals surface area contributed by atoms with Gasteiger partial charge in [0.05, 0.1) is 12.2 Å². The van der Waals surface area contributed by atoms with Crippen LogP contribution in [0.3, 0.4) is 0 Å². The van der Waals surface area contributed by atoms with Gasteiger partial charge in [0.25, 0.3) is 0 Å². The third-order valence-electron chi connectivity index (χ3n) is 3.45. The van der Waals surface area contributed by atoms with E-state index in [0.717, 1.165) is 30.8 Å². The van der Waals surface area contributed by atoms with Crippen LogP contribution >= 0.6 is 0 Å². The second kappa shape index (κ2) is 6.92. The molecule has 3 heteroatoms. The predicted octanol–water partition coefficient (Wildman–Crippen LogP) is 3.43. The van der Waals surface area contributed by atoms with Crippen LogP contribution in [0.1, 0.15) is 51.1 Å². The molecule has 1 fully saturated rings. The standard InChI is InChI=1S/C16H25NO2/c1-12(2)19-15-8-5-6-13(10-15)16(17)11-14-7-3-4-9-18-14/h5-6,8,10,12,14,16H,3-4,7,9,11,17H2,1-2H3. The molecule has 0 aromatic heterocycles. The second-order valence-electron chi connectivity index (χ2n) is 5.57. The highest BCUT2D eigenvalue weighted by molar-refractivity contribution is 5.30. The van der Waals surface area contributed by atoms with E-state index in [2.05, 4.69) is 6.07 Å². The predicted molar refractivity (Wildman–Crippen MR) is 77.3 cm³/mol. The van der Waals surface area contributed by atoms with E-state index in [4.69, 9.17) is 15.2 Å². The van der Waals surface area contributed by atoms with Gasteiger partial charge in [0.1, 0.15) is 5.75 Å². The number of hydrogen-bond acceptors (Lipinski definition) is 3. The van der Waals surface area contributed by atoms with Crippen LogP contribution < -0.4 is 10.5 Å². The molecule has 0 radical (unpaired) electrons. The van der Waals surface area contributed by atoms with E-state index in [9.17, 15) is 0 Å². The van der Waals surface area contributed by atoms with Gasteiger partial charge >= 0.3 is 0 Å². The smallest absolute Gasteiger partial charge is 0.120 e. The first-order chi connectivity index (χ1) is 9.15. The van der Waals surface area contributed by atoms with E-state index in [-0.39, 0.29) is 12.1 Å². The molecule has 2 atom stereocenters. The molecule has 1 aromatic carbocycles. The lowest BCUT2D eigenvalue weighted by Crippen LogP contribution is -2.24. The van der Waals surface area contributed by atoms with Gasteiger partial charge in [-0.05, 0) is 57.2 Å². The van der Waals surface area contributed by atoms with Crippen LogP contribution in [0.15, 0.2) is 24.3 Å². The first-order valence-electron chi connectivity index (χ1n) is 7.29. The van der Waals surface area contributed by atoms with Crippen LogP contribution in [0.5, 0.6) is 5.75 Å². The zero-order valence-corrected chi connectivity index (χ0v) is 12.0. The minimum Gasteiger partial charge on any atom is -0.491 e. The molecule has 0 spiro atoms. The fraction of sp³-hybridized carbons (Fsp3) is 0.625. The van der Waals surface area contributed by atoms with Gasteiger partial charge in [-0.3, -0.25) is 0 Å². The summed E-state index contributed by atoms with van der Waals surface area (Å²) in [6.45, 7) is 4.94. The van der Waals surface area contributed by atoms with Gasteiger partial charge in [0, 0.05) is 12.6 Å². The summed E-state index contributed by atoms with van der Waals surface area (Å²) in [6.07, 6.45) is 4.98. The highest BCUT2D eigenvalue weighted by atomic mass is 16.5. The Kier molecular flexibility index (Phi) is 5.23. The lowest BCUT2D eigenvalue weighted by Gasteiger charge is -2.25. The van der Waals surface area contributed by atoms with Gasteiger partial charge in [-0.25, -0.2) is 0 Å². The highest BCUT2D eigenvalue weighted by Crippen LogP contribution is 2.25. The SMILES string of the molecule is CC(C)Oc1cccc(C(N)CC2CCCCO2)c1. The molecule has 3 nitrogen and oxygen atoms in total. The molecule has 106 valence electrons. The lowest BCUT2D eigenvalue weighted by atomic mass is 9.97. The van der Waals surface area contributed by atoms with Crippen LogP contribution in [0, 0.1) is 0 Å². The van der Waals surface area contributed by atoms with Crippen molar-refractivity contribution in [2.45, 2.75) is 57.8 Å². The van der Waals surface area contributed by atoms with Gasteiger partial charge in [-0.2, -0.15) is 0 Å². The fourth-order valence-electron chi connectivity index (χ4n) is 2.50. The average molecular weight is 263 g/mol. The Morgan fingerprint density at radius 2 is 2.21 bits per heavy atom. The third kappa shape index (κ3) is 4.51. The Morgan fingerprint density at radius 3 is 2.89 bits per heavy atom. The molecule has 0 bridgehead atoms. The summed E-state index contributed by atoms with van der Waals surface area (Å²) < 4.78 is 11.5. The van der Waals surface area contributed by atoms with Gasteiger partial charge in [-0.15, -0.1) is 0 Å². The summed E-state index contributed by atoms with van der Waals surface area (Å²) in [7, 11) is 0. The molecule has 19 heavy (non-hydrogen) atoms. The largest absolute Gasteiger partial charge is 0.491 e. The lowest BCUT2D eigenvalue weighted by molar-refractivity contribution is 0.00728. The fourth-order valence-corrected chi connectivity index (χ4v) is 2.50. The zero-order valence-electron chi connectivity index (χ0n) is 12.0. The maximum Gasteiger partial charge on any atom is 0.120 e. The normalized spacial score (nSPS) is 21.4. The van der Waals surface area contributed by atoms with Crippen LogP contribution in [0.2, 0.25) is 0 Å². The molecule has 1 aliphatic rings. The Hall–Kier alpha value is -1.06. The molecule has 0 saturated carbocycles.